The number of rotatable bonds is 9. The number of hydrogen-bond donors (Lipinski definition) is 1. The molecule has 0 radical (unpaired) electrons. The van der Waals surface area contributed by atoms with Crippen molar-refractivity contribution >= 4 is 46.2 Å². The molecule has 0 saturated carbocycles. The van der Waals surface area contributed by atoms with Gasteiger partial charge in [-0.05, 0) is 24.5 Å². The highest BCUT2D eigenvalue weighted by molar-refractivity contribution is 8.26. The maximum absolute atomic E-state index is 12.6. The van der Waals surface area contributed by atoms with Crippen molar-refractivity contribution in [2.24, 2.45) is 0 Å². The Bertz CT molecular complexity index is 850. The van der Waals surface area contributed by atoms with Gasteiger partial charge in [0, 0.05) is 38.4 Å². The molecule has 1 aromatic carbocycles. The zero-order chi connectivity index (χ0) is 19.8. The summed E-state index contributed by atoms with van der Waals surface area (Å²) in [5, 5.41) is 2.91. The lowest BCUT2D eigenvalue weighted by molar-refractivity contribution is -0.124. The SMILES string of the molecule is O=C(CCCN1C(=O)/C(=C/c2ccccc2)SC1=S)NCCCn1ccnc1. The highest BCUT2D eigenvalue weighted by atomic mass is 32.2. The molecule has 1 aliphatic heterocycles. The first-order valence-electron chi connectivity index (χ1n) is 9.16. The summed E-state index contributed by atoms with van der Waals surface area (Å²) < 4.78 is 2.53. The van der Waals surface area contributed by atoms with Crippen molar-refractivity contribution in [3.05, 3.63) is 59.5 Å². The van der Waals surface area contributed by atoms with Gasteiger partial charge in [-0.15, -0.1) is 0 Å². The van der Waals surface area contributed by atoms with Crippen molar-refractivity contribution in [3.63, 3.8) is 0 Å². The molecule has 1 aliphatic rings. The fourth-order valence-corrected chi connectivity index (χ4v) is 4.10. The number of benzene rings is 1. The van der Waals surface area contributed by atoms with E-state index in [0.29, 0.717) is 35.2 Å². The highest BCUT2D eigenvalue weighted by Crippen LogP contribution is 2.32. The third-order valence-electron chi connectivity index (χ3n) is 4.23. The van der Waals surface area contributed by atoms with Crippen LogP contribution < -0.4 is 5.32 Å². The zero-order valence-corrected chi connectivity index (χ0v) is 17.0. The first-order chi connectivity index (χ1) is 13.6. The van der Waals surface area contributed by atoms with Crippen LogP contribution in [-0.4, -0.2) is 43.7 Å². The predicted octanol–water partition coefficient (Wildman–Crippen LogP) is 3.07. The highest BCUT2D eigenvalue weighted by Gasteiger charge is 2.31. The number of nitrogens with zero attached hydrogens (tertiary/aromatic N) is 3. The number of aromatic nitrogens is 2. The van der Waals surface area contributed by atoms with Crippen LogP contribution in [-0.2, 0) is 16.1 Å². The van der Waals surface area contributed by atoms with Crippen LogP contribution in [0.4, 0.5) is 0 Å². The zero-order valence-electron chi connectivity index (χ0n) is 15.4. The topological polar surface area (TPSA) is 67.2 Å². The lowest BCUT2D eigenvalue weighted by atomic mass is 10.2. The van der Waals surface area contributed by atoms with Gasteiger partial charge in [0.2, 0.25) is 5.91 Å². The van der Waals surface area contributed by atoms with Crippen LogP contribution in [0.25, 0.3) is 6.08 Å². The number of hydrogen-bond acceptors (Lipinski definition) is 5. The number of thiocarbonyl (C=S) groups is 1. The molecule has 2 aromatic rings. The second-order valence-electron chi connectivity index (χ2n) is 6.35. The lowest BCUT2D eigenvalue weighted by Gasteiger charge is -2.14. The van der Waals surface area contributed by atoms with Crippen molar-refractivity contribution in [2.75, 3.05) is 13.1 Å². The summed E-state index contributed by atoms with van der Waals surface area (Å²) in [6, 6.07) is 9.69. The van der Waals surface area contributed by atoms with Crippen LogP contribution in [0.3, 0.4) is 0 Å². The molecular weight excluding hydrogens is 392 g/mol. The van der Waals surface area contributed by atoms with Gasteiger partial charge in [0.05, 0.1) is 11.2 Å². The predicted molar refractivity (Wildman–Crippen MR) is 115 cm³/mol. The molecule has 28 heavy (non-hydrogen) atoms. The molecular formula is C20H22N4O2S2. The summed E-state index contributed by atoms with van der Waals surface area (Å²) in [7, 11) is 0. The molecule has 8 heteroatoms. The second-order valence-corrected chi connectivity index (χ2v) is 8.03. The Labute approximate surface area is 174 Å². The van der Waals surface area contributed by atoms with Crippen LogP contribution in [0.1, 0.15) is 24.8 Å². The van der Waals surface area contributed by atoms with Crippen LogP contribution >= 0.6 is 24.0 Å². The third-order valence-corrected chi connectivity index (χ3v) is 5.61. The number of carbonyl (C=O) groups is 2. The van der Waals surface area contributed by atoms with Crippen LogP contribution in [0.2, 0.25) is 0 Å². The first kappa shape index (κ1) is 20.3. The summed E-state index contributed by atoms with van der Waals surface area (Å²) in [5.41, 5.74) is 0.970. The van der Waals surface area contributed by atoms with Gasteiger partial charge in [-0.3, -0.25) is 14.5 Å². The van der Waals surface area contributed by atoms with E-state index in [1.807, 2.05) is 47.2 Å². The van der Waals surface area contributed by atoms with E-state index in [2.05, 4.69) is 10.3 Å². The van der Waals surface area contributed by atoms with Crippen LogP contribution in [0.15, 0.2) is 54.0 Å². The Morgan fingerprint density at radius 1 is 1.21 bits per heavy atom. The fraction of sp³-hybridized carbons (Fsp3) is 0.300. The lowest BCUT2D eigenvalue weighted by Crippen LogP contribution is -2.31. The van der Waals surface area contributed by atoms with Gasteiger partial charge in [0.1, 0.15) is 4.32 Å². The van der Waals surface area contributed by atoms with E-state index in [1.54, 1.807) is 17.4 Å². The largest absolute Gasteiger partial charge is 0.356 e. The molecule has 2 amide bonds. The van der Waals surface area contributed by atoms with Crippen molar-refractivity contribution in [3.8, 4) is 0 Å². The minimum Gasteiger partial charge on any atom is -0.356 e. The van der Waals surface area contributed by atoms with E-state index in [-0.39, 0.29) is 11.8 Å². The minimum absolute atomic E-state index is 0.00380. The van der Waals surface area contributed by atoms with Crippen molar-refractivity contribution < 1.29 is 9.59 Å². The molecule has 3 rings (SSSR count). The van der Waals surface area contributed by atoms with E-state index in [0.717, 1.165) is 18.5 Å². The molecule has 0 aliphatic carbocycles. The second kappa shape index (κ2) is 10.2. The number of aryl methyl sites for hydroxylation is 1. The number of nitrogens with one attached hydrogen (secondary N) is 1. The summed E-state index contributed by atoms with van der Waals surface area (Å²) in [5.74, 6) is -0.0875. The van der Waals surface area contributed by atoms with Crippen LogP contribution in [0.5, 0.6) is 0 Å². The molecule has 2 heterocycles. The van der Waals surface area contributed by atoms with E-state index in [4.69, 9.17) is 12.2 Å². The Morgan fingerprint density at radius 3 is 2.79 bits per heavy atom. The standard InChI is InChI=1S/C20H22N4O2S2/c25-18(22-9-5-11-23-13-10-21-15-23)8-4-12-24-19(26)17(28-20(24)27)14-16-6-2-1-3-7-16/h1-3,6-7,10,13-15H,4-5,8-9,11-12H2,(H,22,25)/b17-14-. The Kier molecular flexibility index (Phi) is 7.39. The Hall–Kier alpha value is -2.45. The normalized spacial score (nSPS) is 15.4. The molecule has 0 unspecified atom stereocenters. The van der Waals surface area contributed by atoms with Gasteiger partial charge in [-0.1, -0.05) is 54.3 Å². The molecule has 146 valence electrons. The van der Waals surface area contributed by atoms with Crippen molar-refractivity contribution in [2.45, 2.75) is 25.8 Å². The number of imidazole rings is 1. The van der Waals surface area contributed by atoms with E-state index in [1.165, 1.54) is 11.8 Å². The Morgan fingerprint density at radius 2 is 2.04 bits per heavy atom. The smallest absolute Gasteiger partial charge is 0.266 e. The van der Waals surface area contributed by atoms with Crippen molar-refractivity contribution in [1.29, 1.82) is 0 Å². The summed E-state index contributed by atoms with van der Waals surface area (Å²) >= 11 is 6.65. The number of thioether (sulfide) groups is 1. The van der Waals surface area contributed by atoms with Gasteiger partial charge >= 0.3 is 0 Å². The number of amides is 2. The van der Waals surface area contributed by atoms with Crippen LogP contribution in [0, 0.1) is 0 Å². The van der Waals surface area contributed by atoms with Gasteiger partial charge in [-0.25, -0.2) is 4.98 Å². The molecule has 1 fully saturated rings. The first-order valence-corrected chi connectivity index (χ1v) is 10.4. The third kappa shape index (κ3) is 5.77. The molecule has 1 N–H and O–H groups in total. The maximum atomic E-state index is 12.6. The molecule has 0 atom stereocenters. The molecule has 1 aromatic heterocycles. The number of carbonyl (C=O) groups excluding carboxylic acids is 2. The average Bonchev–Trinajstić information content (AvgIpc) is 3.30. The van der Waals surface area contributed by atoms with Crippen molar-refractivity contribution in [1.82, 2.24) is 19.8 Å². The van der Waals surface area contributed by atoms with E-state index >= 15 is 0 Å². The molecule has 6 nitrogen and oxygen atoms in total. The summed E-state index contributed by atoms with van der Waals surface area (Å²) in [6.45, 7) is 1.90. The average molecular weight is 415 g/mol. The molecule has 0 bridgehead atoms. The maximum Gasteiger partial charge on any atom is 0.266 e. The van der Waals surface area contributed by atoms with Gasteiger partial charge in [-0.2, -0.15) is 0 Å². The molecule has 1 saturated heterocycles. The minimum atomic E-state index is -0.0837. The van der Waals surface area contributed by atoms with Gasteiger partial charge in [0.25, 0.3) is 5.91 Å². The van der Waals surface area contributed by atoms with E-state index in [9.17, 15) is 9.59 Å². The fourth-order valence-electron chi connectivity index (χ4n) is 2.79. The monoisotopic (exact) mass is 414 g/mol. The quantitative estimate of drug-likeness (QED) is 0.388. The Balaban J connectivity index is 1.38. The van der Waals surface area contributed by atoms with Gasteiger partial charge in [0.15, 0.2) is 0 Å². The summed E-state index contributed by atoms with van der Waals surface area (Å²) in [6.07, 6.45) is 9.06. The summed E-state index contributed by atoms with van der Waals surface area (Å²) in [4.78, 5) is 30.7. The molecule has 0 spiro atoms. The van der Waals surface area contributed by atoms with E-state index < -0.39 is 0 Å². The van der Waals surface area contributed by atoms with Gasteiger partial charge < -0.3 is 9.88 Å².